The highest BCUT2D eigenvalue weighted by molar-refractivity contribution is 7.91. The summed E-state index contributed by atoms with van der Waals surface area (Å²) in [7, 11) is -2.09. The molecule has 6 nitrogen and oxygen atoms in total. The second-order valence-electron chi connectivity index (χ2n) is 7.06. The molecule has 3 aromatic rings. The number of rotatable bonds is 11. The van der Waals surface area contributed by atoms with E-state index in [2.05, 4.69) is 5.32 Å². The number of aliphatic hydroxyl groups is 1. The minimum atomic E-state index is -3.60. The normalized spacial score (nSPS) is 11.9. The first-order valence-electron chi connectivity index (χ1n) is 10.0. The molecule has 172 valence electrons. The largest absolute Gasteiger partial charge is 0.497 e. The van der Waals surface area contributed by atoms with Crippen LogP contribution in [0.4, 0.5) is 0 Å². The number of ether oxygens (including phenoxy) is 2. The Morgan fingerprint density at radius 1 is 0.906 bits per heavy atom. The summed E-state index contributed by atoms with van der Waals surface area (Å²) in [5, 5.41) is 13.2. The van der Waals surface area contributed by atoms with Gasteiger partial charge in [-0.1, -0.05) is 36.4 Å². The Morgan fingerprint density at radius 3 is 2.28 bits per heavy atom. The van der Waals surface area contributed by atoms with E-state index in [1.54, 1.807) is 30.3 Å². The van der Waals surface area contributed by atoms with Crippen LogP contribution < -0.4 is 14.8 Å². The van der Waals surface area contributed by atoms with E-state index < -0.39 is 15.9 Å². The van der Waals surface area contributed by atoms with Crippen LogP contribution in [0.15, 0.2) is 88.7 Å². The summed E-state index contributed by atoms with van der Waals surface area (Å²) < 4.78 is 36.3. The number of hydrogen-bond acceptors (Lipinski definition) is 6. The molecular weight excluding hydrogens is 450 g/mol. The number of halogens is 1. The maximum absolute atomic E-state index is 12.8. The summed E-state index contributed by atoms with van der Waals surface area (Å²) >= 11 is 0. The lowest BCUT2D eigenvalue weighted by Crippen LogP contribution is -2.32. The number of nitrogens with one attached hydrogen (secondary N) is 1. The average molecular weight is 478 g/mol. The number of aliphatic hydroxyl groups excluding tert-OH is 1. The predicted octanol–water partition coefficient (Wildman–Crippen LogP) is 3.52. The highest BCUT2D eigenvalue weighted by Gasteiger charge is 2.18. The summed E-state index contributed by atoms with van der Waals surface area (Å²) in [5.41, 5.74) is 1.01. The Balaban J connectivity index is 0.00000363. The molecule has 0 spiro atoms. The third-order valence-electron chi connectivity index (χ3n) is 4.74. The summed E-state index contributed by atoms with van der Waals surface area (Å²) in [6, 6.07) is 22.7. The third kappa shape index (κ3) is 7.24. The van der Waals surface area contributed by atoms with Crippen molar-refractivity contribution in [2.75, 3.05) is 26.8 Å². The summed E-state index contributed by atoms with van der Waals surface area (Å²) in [5.74, 6) is 1.23. The van der Waals surface area contributed by atoms with Crippen LogP contribution in [0.5, 0.6) is 11.5 Å². The van der Waals surface area contributed by atoms with Crippen LogP contribution in [-0.4, -0.2) is 46.4 Å². The standard InChI is InChI=1S/C24H27NO5S.ClH/c1-29-22-8-5-9-24(16-22)31(27,28)23-12-10-19(11-13-23)14-15-25-17-20(26)18-30-21-6-3-2-4-7-21;/h2-13,16,20,25-26H,14-15,17-18H2,1H3;1H. The molecule has 0 aliphatic rings. The lowest BCUT2D eigenvalue weighted by Gasteiger charge is -2.13. The van der Waals surface area contributed by atoms with Crippen LogP contribution in [0.3, 0.4) is 0 Å². The van der Waals surface area contributed by atoms with Gasteiger partial charge in [-0.25, -0.2) is 8.42 Å². The number of methoxy groups -OCH3 is 1. The molecule has 3 rings (SSSR count). The van der Waals surface area contributed by atoms with Gasteiger partial charge in [0, 0.05) is 6.54 Å². The molecule has 0 saturated heterocycles. The van der Waals surface area contributed by atoms with Crippen LogP contribution in [0.25, 0.3) is 0 Å². The van der Waals surface area contributed by atoms with Gasteiger partial charge in [0.2, 0.25) is 9.84 Å². The first-order valence-corrected chi connectivity index (χ1v) is 11.5. The molecule has 0 saturated carbocycles. The Labute approximate surface area is 195 Å². The first-order chi connectivity index (χ1) is 15.0. The van der Waals surface area contributed by atoms with Crippen LogP contribution >= 0.6 is 12.4 Å². The van der Waals surface area contributed by atoms with Gasteiger partial charge in [-0.3, -0.25) is 0 Å². The van der Waals surface area contributed by atoms with Gasteiger partial charge in [0.25, 0.3) is 0 Å². The summed E-state index contributed by atoms with van der Waals surface area (Å²) in [6.07, 6.45) is 0.0988. The molecule has 32 heavy (non-hydrogen) atoms. The monoisotopic (exact) mass is 477 g/mol. The van der Waals surface area contributed by atoms with Crippen LogP contribution in [0.1, 0.15) is 5.56 Å². The zero-order chi connectivity index (χ0) is 22.1. The van der Waals surface area contributed by atoms with E-state index >= 15 is 0 Å². The fraction of sp³-hybridized carbons (Fsp3) is 0.250. The lowest BCUT2D eigenvalue weighted by atomic mass is 10.1. The Morgan fingerprint density at radius 2 is 1.59 bits per heavy atom. The van der Waals surface area contributed by atoms with Crippen molar-refractivity contribution in [3.05, 3.63) is 84.4 Å². The van der Waals surface area contributed by atoms with Crippen molar-refractivity contribution in [1.82, 2.24) is 5.32 Å². The van der Waals surface area contributed by atoms with Crippen molar-refractivity contribution < 1.29 is 23.0 Å². The summed E-state index contributed by atoms with van der Waals surface area (Å²) in [4.78, 5) is 0.443. The topological polar surface area (TPSA) is 84.9 Å². The van der Waals surface area contributed by atoms with Crippen molar-refractivity contribution in [2.24, 2.45) is 0 Å². The molecule has 0 radical (unpaired) electrons. The maximum atomic E-state index is 12.8. The maximum Gasteiger partial charge on any atom is 0.206 e. The Kier molecular flexibility index (Phi) is 9.99. The van der Waals surface area contributed by atoms with E-state index in [4.69, 9.17) is 9.47 Å². The molecule has 0 aliphatic heterocycles. The number of sulfone groups is 1. The van der Waals surface area contributed by atoms with E-state index in [0.29, 0.717) is 25.3 Å². The molecule has 8 heteroatoms. The molecule has 1 atom stereocenters. The number of hydrogen-bond donors (Lipinski definition) is 2. The average Bonchev–Trinajstić information content (AvgIpc) is 2.81. The molecular formula is C24H28ClNO5S. The fourth-order valence-electron chi connectivity index (χ4n) is 3.01. The second-order valence-corrected chi connectivity index (χ2v) is 9.01. The molecule has 0 heterocycles. The van der Waals surface area contributed by atoms with E-state index in [-0.39, 0.29) is 28.8 Å². The van der Waals surface area contributed by atoms with Crippen LogP contribution in [0.2, 0.25) is 0 Å². The Bertz CT molecular complexity index is 1060. The number of para-hydroxylation sites is 1. The highest BCUT2D eigenvalue weighted by atomic mass is 35.5. The fourth-order valence-corrected chi connectivity index (χ4v) is 4.30. The van der Waals surface area contributed by atoms with Gasteiger partial charge in [-0.2, -0.15) is 0 Å². The van der Waals surface area contributed by atoms with Crippen molar-refractivity contribution in [3.8, 4) is 11.5 Å². The predicted molar refractivity (Wildman–Crippen MR) is 127 cm³/mol. The number of benzene rings is 3. The van der Waals surface area contributed by atoms with Gasteiger partial charge in [0.05, 0.1) is 16.9 Å². The van der Waals surface area contributed by atoms with Crippen molar-refractivity contribution in [3.63, 3.8) is 0 Å². The smallest absolute Gasteiger partial charge is 0.206 e. The molecule has 3 aromatic carbocycles. The Hall–Kier alpha value is -2.58. The molecule has 2 N–H and O–H groups in total. The highest BCUT2D eigenvalue weighted by Crippen LogP contribution is 2.24. The molecule has 1 unspecified atom stereocenters. The van der Waals surface area contributed by atoms with Crippen molar-refractivity contribution in [2.45, 2.75) is 22.3 Å². The van der Waals surface area contributed by atoms with E-state index in [1.165, 1.54) is 13.2 Å². The van der Waals surface area contributed by atoms with Crippen molar-refractivity contribution >= 4 is 22.2 Å². The molecule has 0 aliphatic carbocycles. The molecule has 0 aromatic heterocycles. The molecule has 0 amide bonds. The zero-order valence-corrected chi connectivity index (χ0v) is 19.4. The van der Waals surface area contributed by atoms with Gasteiger partial charge in [0.1, 0.15) is 24.2 Å². The quantitative estimate of drug-likeness (QED) is 0.411. The minimum Gasteiger partial charge on any atom is -0.497 e. The van der Waals surface area contributed by atoms with Gasteiger partial charge in [-0.15, -0.1) is 12.4 Å². The van der Waals surface area contributed by atoms with Gasteiger partial charge in [-0.05, 0) is 61.0 Å². The van der Waals surface area contributed by atoms with Gasteiger partial charge >= 0.3 is 0 Å². The molecule has 0 fully saturated rings. The lowest BCUT2D eigenvalue weighted by molar-refractivity contribution is 0.106. The minimum absolute atomic E-state index is 0. The van der Waals surface area contributed by atoms with E-state index in [0.717, 1.165) is 11.3 Å². The second kappa shape index (κ2) is 12.5. The third-order valence-corrected chi connectivity index (χ3v) is 6.51. The van der Waals surface area contributed by atoms with Gasteiger partial charge in [0.15, 0.2) is 0 Å². The van der Waals surface area contributed by atoms with Gasteiger partial charge < -0.3 is 19.9 Å². The zero-order valence-electron chi connectivity index (χ0n) is 17.8. The van der Waals surface area contributed by atoms with E-state index in [1.807, 2.05) is 42.5 Å². The van der Waals surface area contributed by atoms with Crippen LogP contribution in [-0.2, 0) is 16.3 Å². The van der Waals surface area contributed by atoms with Crippen LogP contribution in [0, 0.1) is 0 Å². The van der Waals surface area contributed by atoms with Crippen molar-refractivity contribution in [1.29, 1.82) is 0 Å². The van der Waals surface area contributed by atoms with E-state index in [9.17, 15) is 13.5 Å². The summed E-state index contributed by atoms with van der Waals surface area (Å²) in [6.45, 7) is 1.29. The SMILES string of the molecule is COc1cccc(S(=O)(=O)c2ccc(CCNCC(O)COc3ccccc3)cc2)c1.Cl. The molecule has 0 bridgehead atoms. The first kappa shape index (κ1) is 25.7.